The van der Waals surface area contributed by atoms with Crippen molar-refractivity contribution in [1.82, 2.24) is 10.3 Å². The largest absolute Gasteiger partial charge is 0.481 e. The van der Waals surface area contributed by atoms with E-state index in [2.05, 4.69) is 10.3 Å². The Bertz CT molecular complexity index is 666. The molecule has 1 aromatic heterocycles. The highest BCUT2D eigenvalue weighted by molar-refractivity contribution is 7.13. The average molecular weight is 304 g/mol. The summed E-state index contributed by atoms with van der Waals surface area (Å²) >= 11 is 1.29. The molecule has 21 heavy (non-hydrogen) atoms. The van der Waals surface area contributed by atoms with Crippen molar-refractivity contribution in [1.29, 1.82) is 0 Å². The van der Waals surface area contributed by atoms with E-state index >= 15 is 0 Å². The van der Waals surface area contributed by atoms with E-state index in [9.17, 15) is 9.59 Å². The Labute approximate surface area is 126 Å². The maximum absolute atomic E-state index is 12.2. The fourth-order valence-corrected chi connectivity index (χ4v) is 2.77. The molecule has 0 aliphatic rings. The summed E-state index contributed by atoms with van der Waals surface area (Å²) in [4.78, 5) is 27.8. The van der Waals surface area contributed by atoms with Gasteiger partial charge in [0.2, 0.25) is 0 Å². The van der Waals surface area contributed by atoms with Crippen LogP contribution in [0.1, 0.15) is 38.3 Å². The quantitative estimate of drug-likeness (QED) is 0.890. The zero-order valence-electron chi connectivity index (χ0n) is 11.8. The molecule has 1 unspecified atom stereocenters. The Balaban J connectivity index is 2.23. The minimum absolute atomic E-state index is 0.158. The second-order valence-corrected chi connectivity index (χ2v) is 5.96. The van der Waals surface area contributed by atoms with E-state index in [4.69, 9.17) is 5.11 Å². The number of aromatic nitrogens is 1. The van der Waals surface area contributed by atoms with Crippen molar-refractivity contribution < 1.29 is 14.7 Å². The summed E-state index contributed by atoms with van der Waals surface area (Å²) in [6, 6.07) is 6.89. The number of carbonyl (C=O) groups excluding carboxylic acids is 1. The Hall–Kier alpha value is -2.21. The maximum atomic E-state index is 12.2. The number of carboxylic acids is 1. The first-order valence-corrected chi connectivity index (χ1v) is 7.29. The number of nitrogens with one attached hydrogen (secondary N) is 1. The van der Waals surface area contributed by atoms with E-state index < -0.39 is 12.0 Å². The van der Waals surface area contributed by atoms with Crippen LogP contribution >= 0.6 is 11.3 Å². The molecule has 2 rings (SSSR count). The highest BCUT2D eigenvalue weighted by atomic mass is 32.1. The van der Waals surface area contributed by atoms with Gasteiger partial charge in [0, 0.05) is 0 Å². The molecular formula is C15H16N2O3S. The fraction of sp³-hybridized carbons (Fsp3) is 0.267. The Morgan fingerprint density at radius 3 is 2.62 bits per heavy atom. The number of thiazole rings is 1. The number of amides is 1. The summed E-state index contributed by atoms with van der Waals surface area (Å²) in [5.74, 6) is -1.25. The number of aryl methyl sites for hydroxylation is 2. The lowest BCUT2D eigenvalue weighted by Crippen LogP contribution is -2.30. The molecule has 110 valence electrons. The first kappa shape index (κ1) is 15.2. The van der Waals surface area contributed by atoms with E-state index in [0.29, 0.717) is 4.88 Å². The number of hydrogen-bond donors (Lipinski definition) is 2. The van der Waals surface area contributed by atoms with Crippen molar-refractivity contribution in [3.8, 4) is 0 Å². The topological polar surface area (TPSA) is 79.3 Å². The van der Waals surface area contributed by atoms with Gasteiger partial charge in [-0.05, 0) is 25.0 Å². The van der Waals surface area contributed by atoms with Gasteiger partial charge < -0.3 is 10.4 Å². The molecule has 1 atom stereocenters. The predicted octanol–water partition coefficient (Wildman–Crippen LogP) is 2.71. The molecule has 1 heterocycles. The first-order chi connectivity index (χ1) is 9.97. The lowest BCUT2D eigenvalue weighted by atomic mass is 9.98. The van der Waals surface area contributed by atoms with Gasteiger partial charge in [-0.1, -0.05) is 24.3 Å². The van der Waals surface area contributed by atoms with Crippen LogP contribution in [-0.4, -0.2) is 22.0 Å². The van der Waals surface area contributed by atoms with Gasteiger partial charge in [-0.25, -0.2) is 4.98 Å². The predicted molar refractivity (Wildman–Crippen MR) is 80.5 cm³/mol. The maximum Gasteiger partial charge on any atom is 0.305 e. The van der Waals surface area contributed by atoms with Crippen molar-refractivity contribution in [2.24, 2.45) is 0 Å². The molecule has 0 saturated heterocycles. The summed E-state index contributed by atoms with van der Waals surface area (Å²) < 4.78 is 0. The van der Waals surface area contributed by atoms with Crippen LogP contribution in [-0.2, 0) is 4.79 Å². The number of rotatable bonds is 5. The zero-order chi connectivity index (χ0) is 15.4. The van der Waals surface area contributed by atoms with Crippen molar-refractivity contribution in [3.05, 3.63) is 51.5 Å². The van der Waals surface area contributed by atoms with Crippen LogP contribution in [0.25, 0.3) is 0 Å². The third kappa shape index (κ3) is 3.88. The third-order valence-electron chi connectivity index (χ3n) is 3.09. The Kier molecular flexibility index (Phi) is 4.70. The molecule has 0 fully saturated rings. The monoisotopic (exact) mass is 304 g/mol. The smallest absolute Gasteiger partial charge is 0.305 e. The molecule has 1 aromatic carbocycles. The second-order valence-electron chi connectivity index (χ2n) is 4.72. The number of benzene rings is 1. The van der Waals surface area contributed by atoms with Crippen molar-refractivity contribution >= 4 is 23.2 Å². The van der Waals surface area contributed by atoms with E-state index in [1.807, 2.05) is 38.1 Å². The van der Waals surface area contributed by atoms with Crippen LogP contribution < -0.4 is 5.32 Å². The fourth-order valence-electron chi connectivity index (χ4n) is 2.09. The molecule has 0 aliphatic heterocycles. The van der Waals surface area contributed by atoms with Gasteiger partial charge in [-0.2, -0.15) is 0 Å². The molecule has 0 bridgehead atoms. The number of nitrogens with zero attached hydrogens (tertiary/aromatic N) is 1. The molecule has 2 N–H and O–H groups in total. The van der Waals surface area contributed by atoms with Crippen LogP contribution in [0.2, 0.25) is 0 Å². The SMILES string of the molecule is Cc1ncc(C(=O)NC(CC(=O)O)c2ccccc2C)s1. The lowest BCUT2D eigenvalue weighted by Gasteiger charge is -2.19. The van der Waals surface area contributed by atoms with Gasteiger partial charge in [0.25, 0.3) is 5.91 Å². The normalized spacial score (nSPS) is 11.9. The van der Waals surface area contributed by atoms with Crippen LogP contribution in [0.5, 0.6) is 0 Å². The minimum atomic E-state index is -0.955. The lowest BCUT2D eigenvalue weighted by molar-refractivity contribution is -0.137. The van der Waals surface area contributed by atoms with Crippen LogP contribution in [0.15, 0.2) is 30.5 Å². The van der Waals surface area contributed by atoms with Gasteiger partial charge in [-0.15, -0.1) is 11.3 Å². The highest BCUT2D eigenvalue weighted by Gasteiger charge is 2.21. The van der Waals surface area contributed by atoms with E-state index in [0.717, 1.165) is 16.1 Å². The van der Waals surface area contributed by atoms with E-state index in [1.165, 1.54) is 17.5 Å². The minimum Gasteiger partial charge on any atom is -0.481 e. The average Bonchev–Trinajstić information content (AvgIpc) is 2.85. The molecule has 0 radical (unpaired) electrons. The summed E-state index contributed by atoms with van der Waals surface area (Å²) in [7, 11) is 0. The van der Waals surface area contributed by atoms with Gasteiger partial charge in [-0.3, -0.25) is 9.59 Å². The van der Waals surface area contributed by atoms with Crippen LogP contribution in [0.3, 0.4) is 0 Å². The number of aliphatic carboxylic acids is 1. The van der Waals surface area contributed by atoms with Crippen LogP contribution in [0, 0.1) is 13.8 Å². The molecule has 0 saturated carbocycles. The first-order valence-electron chi connectivity index (χ1n) is 6.48. The Morgan fingerprint density at radius 1 is 1.33 bits per heavy atom. The molecule has 6 heteroatoms. The second kappa shape index (κ2) is 6.49. The number of carbonyl (C=O) groups is 2. The molecule has 0 aliphatic carbocycles. The summed E-state index contributed by atoms with van der Waals surface area (Å²) in [5.41, 5.74) is 1.76. The molecular weight excluding hydrogens is 288 g/mol. The number of carboxylic acid groups (broad SMARTS) is 1. The van der Waals surface area contributed by atoms with Crippen molar-refractivity contribution in [2.45, 2.75) is 26.3 Å². The Morgan fingerprint density at radius 2 is 2.05 bits per heavy atom. The van der Waals surface area contributed by atoms with Gasteiger partial charge in [0.1, 0.15) is 4.88 Å². The van der Waals surface area contributed by atoms with Gasteiger partial charge in [0.05, 0.1) is 23.7 Å². The third-order valence-corrected chi connectivity index (χ3v) is 4.00. The zero-order valence-corrected chi connectivity index (χ0v) is 12.6. The van der Waals surface area contributed by atoms with Crippen molar-refractivity contribution in [3.63, 3.8) is 0 Å². The molecule has 0 spiro atoms. The van der Waals surface area contributed by atoms with Gasteiger partial charge in [0.15, 0.2) is 0 Å². The summed E-state index contributed by atoms with van der Waals surface area (Å²) in [6.45, 7) is 3.71. The molecule has 5 nitrogen and oxygen atoms in total. The van der Waals surface area contributed by atoms with E-state index in [-0.39, 0.29) is 12.3 Å². The number of hydrogen-bond acceptors (Lipinski definition) is 4. The highest BCUT2D eigenvalue weighted by Crippen LogP contribution is 2.22. The van der Waals surface area contributed by atoms with E-state index in [1.54, 1.807) is 0 Å². The molecule has 1 amide bonds. The standard InChI is InChI=1S/C15H16N2O3S/c1-9-5-3-4-6-11(9)12(7-14(18)19)17-15(20)13-8-16-10(2)21-13/h3-6,8,12H,7H2,1-2H3,(H,17,20)(H,18,19). The summed E-state index contributed by atoms with van der Waals surface area (Å²) in [5, 5.41) is 12.6. The van der Waals surface area contributed by atoms with Crippen molar-refractivity contribution in [2.75, 3.05) is 0 Å². The van der Waals surface area contributed by atoms with Gasteiger partial charge >= 0.3 is 5.97 Å². The van der Waals surface area contributed by atoms with Crippen LogP contribution in [0.4, 0.5) is 0 Å². The summed E-state index contributed by atoms with van der Waals surface area (Å²) in [6.07, 6.45) is 1.35. The molecule has 2 aromatic rings.